The Labute approximate surface area is 109 Å². The lowest BCUT2D eigenvalue weighted by Gasteiger charge is -2.27. The van der Waals surface area contributed by atoms with E-state index in [1.54, 1.807) is 7.11 Å². The summed E-state index contributed by atoms with van der Waals surface area (Å²) in [5, 5.41) is 18.4. The van der Waals surface area contributed by atoms with Crippen LogP contribution in [0.3, 0.4) is 0 Å². The van der Waals surface area contributed by atoms with E-state index in [9.17, 15) is 5.11 Å². The molecule has 0 saturated heterocycles. The van der Waals surface area contributed by atoms with Crippen LogP contribution < -0.4 is 9.64 Å². The van der Waals surface area contributed by atoms with Crippen LogP contribution in [0.1, 0.15) is 16.7 Å². The van der Waals surface area contributed by atoms with Crippen molar-refractivity contribution in [2.24, 2.45) is 0 Å². The van der Waals surface area contributed by atoms with Gasteiger partial charge in [0.25, 0.3) is 0 Å². The van der Waals surface area contributed by atoms with Crippen molar-refractivity contribution in [3.05, 3.63) is 22.8 Å². The molecule has 1 aromatic carbocycles. The number of nitrogens with zero attached hydrogens (tertiary/aromatic N) is 1. The van der Waals surface area contributed by atoms with Gasteiger partial charge in [-0.05, 0) is 43.5 Å². The maximum absolute atomic E-state index is 9.53. The molecule has 4 nitrogen and oxygen atoms in total. The Balaban J connectivity index is 3.13. The number of rotatable bonds is 5. The first-order chi connectivity index (χ1) is 8.42. The summed E-state index contributed by atoms with van der Waals surface area (Å²) in [6.07, 6.45) is -0.726. The lowest BCUT2D eigenvalue weighted by molar-refractivity contribution is 0.101. The van der Waals surface area contributed by atoms with Crippen LogP contribution in [0.15, 0.2) is 6.07 Å². The van der Waals surface area contributed by atoms with Gasteiger partial charge in [-0.1, -0.05) is 0 Å². The molecular weight excluding hydrogens is 230 g/mol. The molecule has 0 fully saturated rings. The van der Waals surface area contributed by atoms with Crippen molar-refractivity contribution < 1.29 is 14.9 Å². The third kappa shape index (κ3) is 2.94. The molecule has 2 N–H and O–H groups in total. The smallest absolute Gasteiger partial charge is 0.122 e. The maximum Gasteiger partial charge on any atom is 0.122 e. The van der Waals surface area contributed by atoms with Crippen molar-refractivity contribution in [1.82, 2.24) is 0 Å². The number of hydrogen-bond donors (Lipinski definition) is 2. The Hall–Kier alpha value is -1.26. The molecule has 0 spiro atoms. The fraction of sp³-hybridized carbons (Fsp3) is 0.571. The van der Waals surface area contributed by atoms with Crippen LogP contribution in [0.5, 0.6) is 5.75 Å². The molecule has 0 amide bonds. The molecule has 1 aromatic rings. The average Bonchev–Trinajstić information content (AvgIpc) is 2.33. The van der Waals surface area contributed by atoms with Crippen LogP contribution in [-0.4, -0.2) is 43.6 Å². The lowest BCUT2D eigenvalue weighted by atomic mass is 10.0. The zero-order valence-corrected chi connectivity index (χ0v) is 11.8. The third-order valence-corrected chi connectivity index (χ3v) is 3.31. The first kappa shape index (κ1) is 14.8. The zero-order chi connectivity index (χ0) is 13.9. The van der Waals surface area contributed by atoms with E-state index in [0.29, 0.717) is 6.54 Å². The molecule has 0 aliphatic carbocycles. The van der Waals surface area contributed by atoms with E-state index in [0.717, 1.165) is 28.1 Å². The Morgan fingerprint density at radius 2 is 1.89 bits per heavy atom. The van der Waals surface area contributed by atoms with Crippen molar-refractivity contribution in [3.8, 4) is 5.75 Å². The van der Waals surface area contributed by atoms with E-state index < -0.39 is 6.10 Å². The van der Waals surface area contributed by atoms with Gasteiger partial charge in [0.15, 0.2) is 0 Å². The number of anilines is 1. The van der Waals surface area contributed by atoms with E-state index in [1.807, 2.05) is 38.8 Å². The molecule has 102 valence electrons. The van der Waals surface area contributed by atoms with Crippen LogP contribution in [0.4, 0.5) is 5.69 Å². The van der Waals surface area contributed by atoms with E-state index in [1.165, 1.54) is 0 Å². The summed E-state index contributed by atoms with van der Waals surface area (Å²) >= 11 is 0. The van der Waals surface area contributed by atoms with Gasteiger partial charge in [0.05, 0.1) is 19.8 Å². The second kappa shape index (κ2) is 6.07. The topological polar surface area (TPSA) is 52.9 Å². The van der Waals surface area contributed by atoms with Crippen molar-refractivity contribution in [2.45, 2.75) is 26.9 Å². The Morgan fingerprint density at radius 1 is 1.28 bits per heavy atom. The minimum absolute atomic E-state index is 0.225. The molecule has 0 heterocycles. The summed E-state index contributed by atoms with van der Waals surface area (Å²) in [4.78, 5) is 1.97. The monoisotopic (exact) mass is 253 g/mol. The number of hydrogen-bond acceptors (Lipinski definition) is 4. The SMILES string of the molecule is COc1cc(C)c(N(C)CC(O)CO)c(C)c1C. The number of ether oxygens (including phenoxy) is 1. The van der Waals surface area contributed by atoms with Crippen molar-refractivity contribution in [1.29, 1.82) is 0 Å². The van der Waals surface area contributed by atoms with Gasteiger partial charge in [-0.25, -0.2) is 0 Å². The van der Waals surface area contributed by atoms with Crippen molar-refractivity contribution in [2.75, 3.05) is 32.2 Å². The Bertz CT molecular complexity index is 418. The van der Waals surface area contributed by atoms with E-state index in [4.69, 9.17) is 9.84 Å². The van der Waals surface area contributed by atoms with Gasteiger partial charge in [0, 0.05) is 19.3 Å². The molecule has 18 heavy (non-hydrogen) atoms. The second-order valence-corrected chi connectivity index (χ2v) is 4.71. The summed E-state index contributed by atoms with van der Waals surface area (Å²) in [6.45, 7) is 6.27. The van der Waals surface area contributed by atoms with Crippen LogP contribution in [0, 0.1) is 20.8 Å². The highest BCUT2D eigenvalue weighted by Crippen LogP contribution is 2.33. The first-order valence-corrected chi connectivity index (χ1v) is 6.07. The summed E-state index contributed by atoms with van der Waals surface area (Å²) in [7, 11) is 3.58. The highest BCUT2D eigenvalue weighted by molar-refractivity contribution is 5.64. The normalized spacial score (nSPS) is 12.4. The molecular formula is C14H23NO3. The third-order valence-electron chi connectivity index (χ3n) is 3.31. The van der Waals surface area contributed by atoms with Crippen LogP contribution >= 0.6 is 0 Å². The standard InChI is InChI=1S/C14H23NO3/c1-9-6-13(18-5)10(2)11(3)14(9)15(4)7-12(17)8-16/h6,12,16-17H,7-8H2,1-5H3. The minimum atomic E-state index is -0.726. The molecule has 1 rings (SSSR count). The van der Waals surface area contributed by atoms with Gasteiger partial charge < -0.3 is 19.8 Å². The number of methoxy groups -OCH3 is 1. The number of aliphatic hydroxyl groups is 2. The largest absolute Gasteiger partial charge is 0.496 e. The molecule has 0 saturated carbocycles. The highest BCUT2D eigenvalue weighted by Gasteiger charge is 2.16. The average molecular weight is 253 g/mol. The second-order valence-electron chi connectivity index (χ2n) is 4.71. The molecule has 0 aliphatic rings. The number of benzene rings is 1. The van der Waals surface area contributed by atoms with Gasteiger partial charge in [0.2, 0.25) is 0 Å². The molecule has 4 heteroatoms. The number of aryl methyl sites for hydroxylation is 1. The van der Waals surface area contributed by atoms with Gasteiger partial charge in [-0.3, -0.25) is 0 Å². The highest BCUT2D eigenvalue weighted by atomic mass is 16.5. The Morgan fingerprint density at radius 3 is 2.39 bits per heavy atom. The molecule has 0 aromatic heterocycles. The molecule has 1 atom stereocenters. The summed E-state index contributed by atoms with van der Waals surface area (Å²) in [5.74, 6) is 0.879. The van der Waals surface area contributed by atoms with E-state index >= 15 is 0 Å². The predicted octanol–water partition coefficient (Wildman–Crippen LogP) is 1.41. The maximum atomic E-state index is 9.53. The van der Waals surface area contributed by atoms with Crippen LogP contribution in [0.25, 0.3) is 0 Å². The fourth-order valence-electron chi connectivity index (χ4n) is 2.30. The molecule has 1 unspecified atom stereocenters. The summed E-state index contributed by atoms with van der Waals surface area (Å²) in [5.41, 5.74) is 4.42. The van der Waals surface area contributed by atoms with Gasteiger partial charge >= 0.3 is 0 Å². The molecule has 0 aliphatic heterocycles. The van der Waals surface area contributed by atoms with Crippen molar-refractivity contribution >= 4 is 5.69 Å². The molecule has 0 radical (unpaired) electrons. The Kier molecular flexibility index (Phi) is 4.99. The van der Waals surface area contributed by atoms with E-state index in [-0.39, 0.29) is 6.61 Å². The van der Waals surface area contributed by atoms with Crippen LogP contribution in [-0.2, 0) is 0 Å². The molecule has 0 bridgehead atoms. The first-order valence-electron chi connectivity index (χ1n) is 6.07. The van der Waals surface area contributed by atoms with Gasteiger partial charge in [-0.15, -0.1) is 0 Å². The number of aliphatic hydroxyl groups excluding tert-OH is 2. The summed E-state index contributed by atoms with van der Waals surface area (Å²) < 4.78 is 5.34. The predicted molar refractivity (Wildman–Crippen MR) is 73.6 cm³/mol. The van der Waals surface area contributed by atoms with E-state index in [2.05, 4.69) is 0 Å². The van der Waals surface area contributed by atoms with Gasteiger partial charge in [0.1, 0.15) is 5.75 Å². The van der Waals surface area contributed by atoms with Crippen LogP contribution in [0.2, 0.25) is 0 Å². The van der Waals surface area contributed by atoms with Gasteiger partial charge in [-0.2, -0.15) is 0 Å². The van der Waals surface area contributed by atoms with Crippen molar-refractivity contribution in [3.63, 3.8) is 0 Å². The zero-order valence-electron chi connectivity index (χ0n) is 11.8. The summed E-state index contributed by atoms with van der Waals surface area (Å²) in [6, 6.07) is 2.00. The number of likely N-dealkylation sites (N-methyl/N-ethyl adjacent to an activating group) is 1. The minimum Gasteiger partial charge on any atom is -0.496 e. The lowest BCUT2D eigenvalue weighted by Crippen LogP contribution is -2.32. The quantitative estimate of drug-likeness (QED) is 0.833. The fourth-order valence-corrected chi connectivity index (χ4v) is 2.30.